The van der Waals surface area contributed by atoms with E-state index >= 15 is 0 Å². The van der Waals surface area contributed by atoms with Crippen LogP contribution in [0.15, 0.2) is 4.60 Å². The van der Waals surface area contributed by atoms with Gasteiger partial charge in [-0.1, -0.05) is 5.21 Å². The molecule has 0 radical (unpaired) electrons. The third-order valence-electron chi connectivity index (χ3n) is 2.89. The molecule has 1 aliphatic rings. The fraction of sp³-hybridized carbons (Fsp3) is 0.778. The van der Waals surface area contributed by atoms with Gasteiger partial charge in [-0.05, 0) is 35.2 Å². The van der Waals surface area contributed by atoms with E-state index in [1.807, 2.05) is 7.05 Å². The van der Waals surface area contributed by atoms with Crippen molar-refractivity contribution in [3.05, 3.63) is 10.3 Å². The van der Waals surface area contributed by atoms with Crippen LogP contribution in [0.4, 0.5) is 0 Å². The topological polar surface area (TPSA) is 78.0 Å². The monoisotopic (exact) mass is 289 g/mol. The van der Waals surface area contributed by atoms with Crippen molar-refractivity contribution in [2.24, 2.45) is 12.9 Å². The van der Waals surface area contributed by atoms with Crippen LogP contribution in [0, 0.1) is 0 Å². The van der Waals surface area contributed by atoms with Gasteiger partial charge in [-0.3, -0.25) is 5.84 Å². The van der Waals surface area contributed by atoms with Crippen LogP contribution >= 0.6 is 15.9 Å². The summed E-state index contributed by atoms with van der Waals surface area (Å²) in [5, 5.41) is 7.91. The normalized spacial score (nSPS) is 23.3. The predicted octanol–water partition coefficient (Wildman–Crippen LogP) is 0.651. The van der Waals surface area contributed by atoms with E-state index in [0.29, 0.717) is 4.60 Å². The molecule has 2 rings (SSSR count). The fourth-order valence-corrected chi connectivity index (χ4v) is 2.63. The van der Waals surface area contributed by atoms with Gasteiger partial charge in [-0.25, -0.2) is 10.1 Å². The van der Waals surface area contributed by atoms with E-state index in [-0.39, 0.29) is 12.1 Å². The van der Waals surface area contributed by atoms with Gasteiger partial charge in [0.1, 0.15) is 0 Å². The zero-order valence-corrected chi connectivity index (χ0v) is 10.8. The van der Waals surface area contributed by atoms with Crippen molar-refractivity contribution < 1.29 is 4.74 Å². The minimum absolute atomic E-state index is 0.0744. The molecule has 0 bridgehead atoms. The highest BCUT2D eigenvalue weighted by Crippen LogP contribution is 2.28. The number of nitrogens with zero attached hydrogens (tertiary/aromatic N) is 3. The van der Waals surface area contributed by atoms with Crippen molar-refractivity contribution in [3.8, 4) is 0 Å². The molecule has 7 heteroatoms. The van der Waals surface area contributed by atoms with Crippen LogP contribution in [-0.4, -0.2) is 27.7 Å². The molecule has 2 atom stereocenters. The Hall–Kier alpha value is -0.500. The Balaban J connectivity index is 2.21. The molecule has 2 unspecified atom stereocenters. The number of aromatic nitrogens is 3. The molecule has 0 aromatic carbocycles. The van der Waals surface area contributed by atoms with E-state index < -0.39 is 0 Å². The minimum Gasteiger partial charge on any atom is -0.376 e. The predicted molar refractivity (Wildman–Crippen MR) is 62.4 cm³/mol. The van der Waals surface area contributed by atoms with E-state index in [2.05, 4.69) is 31.7 Å². The molecule has 1 aromatic heterocycles. The number of hydrazine groups is 1. The molecule has 3 N–H and O–H groups in total. The second-order valence-electron chi connectivity index (χ2n) is 3.94. The Bertz CT molecular complexity index is 330. The second-order valence-corrected chi connectivity index (χ2v) is 4.69. The van der Waals surface area contributed by atoms with Crippen LogP contribution in [-0.2, 0) is 11.8 Å². The van der Waals surface area contributed by atoms with E-state index in [1.165, 1.54) is 6.42 Å². The molecule has 1 fully saturated rings. The maximum atomic E-state index is 5.73. The first-order chi connectivity index (χ1) is 7.74. The second kappa shape index (κ2) is 5.22. The lowest BCUT2D eigenvalue weighted by Crippen LogP contribution is -2.40. The molecule has 0 saturated carbocycles. The molecule has 0 aliphatic carbocycles. The van der Waals surface area contributed by atoms with Crippen LogP contribution in [0.2, 0.25) is 0 Å². The lowest BCUT2D eigenvalue weighted by atomic mass is 10.0. The number of aryl methyl sites for hydroxylation is 1. The summed E-state index contributed by atoms with van der Waals surface area (Å²) in [7, 11) is 1.85. The average Bonchev–Trinajstić information content (AvgIpc) is 2.63. The van der Waals surface area contributed by atoms with E-state index in [4.69, 9.17) is 10.6 Å². The van der Waals surface area contributed by atoms with Crippen molar-refractivity contribution in [1.29, 1.82) is 0 Å². The molecule has 1 saturated heterocycles. The first-order valence-electron chi connectivity index (χ1n) is 5.37. The van der Waals surface area contributed by atoms with Gasteiger partial charge in [0.15, 0.2) is 4.60 Å². The lowest BCUT2D eigenvalue weighted by Gasteiger charge is -2.29. The Morgan fingerprint density at radius 2 is 2.44 bits per heavy atom. The first-order valence-corrected chi connectivity index (χ1v) is 6.16. The molecule has 16 heavy (non-hydrogen) atoms. The number of rotatable bonds is 3. The average molecular weight is 290 g/mol. The zero-order chi connectivity index (χ0) is 11.5. The van der Waals surface area contributed by atoms with Crippen molar-refractivity contribution in [2.75, 3.05) is 6.61 Å². The van der Waals surface area contributed by atoms with Crippen molar-refractivity contribution >= 4 is 15.9 Å². The van der Waals surface area contributed by atoms with Gasteiger partial charge in [0.05, 0.1) is 17.8 Å². The summed E-state index contributed by atoms with van der Waals surface area (Å²) in [5.41, 5.74) is 3.73. The number of ether oxygens (including phenoxy) is 1. The van der Waals surface area contributed by atoms with Crippen LogP contribution in [0.25, 0.3) is 0 Å². The Morgan fingerprint density at radius 3 is 2.94 bits per heavy atom. The smallest absolute Gasteiger partial charge is 0.153 e. The summed E-state index contributed by atoms with van der Waals surface area (Å²) in [4.78, 5) is 0. The van der Waals surface area contributed by atoms with Gasteiger partial charge in [0, 0.05) is 13.7 Å². The zero-order valence-electron chi connectivity index (χ0n) is 9.19. The van der Waals surface area contributed by atoms with Gasteiger partial charge < -0.3 is 4.74 Å². The fourth-order valence-electron chi connectivity index (χ4n) is 2.06. The van der Waals surface area contributed by atoms with Crippen LogP contribution in [0.5, 0.6) is 0 Å². The highest BCUT2D eigenvalue weighted by Gasteiger charge is 2.29. The van der Waals surface area contributed by atoms with Crippen LogP contribution in [0.1, 0.15) is 31.0 Å². The molecule has 1 aliphatic heterocycles. The summed E-state index contributed by atoms with van der Waals surface area (Å²) in [6, 6.07) is -0.0744. The quantitative estimate of drug-likeness (QED) is 0.631. The van der Waals surface area contributed by atoms with E-state index in [9.17, 15) is 0 Å². The van der Waals surface area contributed by atoms with Crippen molar-refractivity contribution in [3.63, 3.8) is 0 Å². The Morgan fingerprint density at radius 1 is 1.62 bits per heavy atom. The summed E-state index contributed by atoms with van der Waals surface area (Å²) >= 11 is 3.38. The largest absolute Gasteiger partial charge is 0.376 e. The first kappa shape index (κ1) is 12.0. The Kier molecular flexibility index (Phi) is 3.91. The third-order valence-corrected chi connectivity index (χ3v) is 3.45. The van der Waals surface area contributed by atoms with E-state index in [0.717, 1.165) is 25.1 Å². The van der Waals surface area contributed by atoms with Gasteiger partial charge >= 0.3 is 0 Å². The molecule has 2 heterocycles. The molecule has 90 valence electrons. The van der Waals surface area contributed by atoms with Gasteiger partial charge in [-0.2, -0.15) is 0 Å². The maximum absolute atomic E-state index is 5.73. The molecule has 0 amide bonds. The number of hydrogen-bond donors (Lipinski definition) is 2. The molecule has 6 nitrogen and oxygen atoms in total. The van der Waals surface area contributed by atoms with Gasteiger partial charge in [0.25, 0.3) is 0 Å². The number of nitrogens with two attached hydrogens (primary N) is 1. The summed E-state index contributed by atoms with van der Waals surface area (Å²) in [6.07, 6.45) is 3.39. The lowest BCUT2D eigenvalue weighted by molar-refractivity contribution is -0.0100. The molecule has 0 spiro atoms. The third kappa shape index (κ3) is 2.27. The van der Waals surface area contributed by atoms with Crippen LogP contribution in [0.3, 0.4) is 0 Å². The highest BCUT2D eigenvalue weighted by molar-refractivity contribution is 9.10. The van der Waals surface area contributed by atoms with E-state index in [1.54, 1.807) is 4.68 Å². The number of nitrogens with one attached hydrogen (secondary N) is 1. The summed E-state index contributed by atoms with van der Waals surface area (Å²) in [5.74, 6) is 5.61. The number of halogens is 1. The van der Waals surface area contributed by atoms with Crippen molar-refractivity contribution in [1.82, 2.24) is 20.4 Å². The standard InChI is InChI=1S/C9H16BrN5O/c1-15-8(9(10)13-14-15)7(12-11)6-4-2-3-5-16-6/h6-7,12H,2-5,11H2,1H3. The maximum Gasteiger partial charge on any atom is 0.153 e. The Labute approximate surface area is 103 Å². The summed E-state index contributed by atoms with van der Waals surface area (Å²) < 4.78 is 8.16. The van der Waals surface area contributed by atoms with Crippen LogP contribution < -0.4 is 11.3 Å². The van der Waals surface area contributed by atoms with Gasteiger partial charge in [-0.15, -0.1) is 5.10 Å². The number of hydrogen-bond acceptors (Lipinski definition) is 5. The minimum atomic E-state index is -0.0744. The van der Waals surface area contributed by atoms with Crippen molar-refractivity contribution in [2.45, 2.75) is 31.4 Å². The summed E-state index contributed by atoms with van der Waals surface area (Å²) in [6.45, 7) is 0.797. The SMILES string of the molecule is Cn1nnc(Br)c1C(NN)C1CCCCO1. The molecular weight excluding hydrogens is 274 g/mol. The molecular formula is C9H16BrN5O. The highest BCUT2D eigenvalue weighted by atomic mass is 79.9. The van der Waals surface area contributed by atoms with Gasteiger partial charge in [0.2, 0.25) is 0 Å². The molecule has 1 aromatic rings.